The van der Waals surface area contributed by atoms with Gasteiger partial charge in [-0.3, -0.25) is 4.79 Å². The Hall–Kier alpha value is -3.09. The fraction of sp³-hybridized carbons (Fsp3) is 0.480. The number of nitrogens with zero attached hydrogens (tertiary/aromatic N) is 4. The average Bonchev–Trinajstić information content (AvgIpc) is 3.61. The molecular weight excluding hydrogens is 404 g/mol. The van der Waals surface area contributed by atoms with E-state index in [0.717, 1.165) is 42.7 Å². The van der Waals surface area contributed by atoms with Crippen molar-refractivity contribution in [1.82, 2.24) is 19.5 Å². The van der Waals surface area contributed by atoms with Crippen molar-refractivity contribution < 1.29 is 14.3 Å². The number of fused-ring (bicyclic) bond motifs is 1. The lowest BCUT2D eigenvalue weighted by molar-refractivity contribution is 0.0731. The van der Waals surface area contributed by atoms with E-state index < -0.39 is 0 Å². The molecule has 2 aliphatic carbocycles. The number of hydrogen-bond donors (Lipinski definition) is 0. The minimum absolute atomic E-state index is 0.0248. The molecule has 0 saturated heterocycles. The zero-order valence-electron chi connectivity index (χ0n) is 18.6. The topological polar surface area (TPSA) is 69.0 Å². The van der Waals surface area contributed by atoms with Gasteiger partial charge in [0.15, 0.2) is 17.1 Å². The molecule has 0 spiro atoms. The van der Waals surface area contributed by atoms with Gasteiger partial charge in [0.05, 0.1) is 19.4 Å². The fourth-order valence-electron chi connectivity index (χ4n) is 4.53. The summed E-state index contributed by atoms with van der Waals surface area (Å²) in [5.74, 6) is 1.50. The van der Waals surface area contributed by atoms with Gasteiger partial charge >= 0.3 is 0 Å². The van der Waals surface area contributed by atoms with E-state index in [9.17, 15) is 4.79 Å². The smallest absolute Gasteiger partial charge is 0.259 e. The van der Waals surface area contributed by atoms with Crippen LogP contribution < -0.4 is 9.47 Å². The van der Waals surface area contributed by atoms with E-state index in [1.165, 1.54) is 25.7 Å². The molecule has 5 rings (SSSR count). The van der Waals surface area contributed by atoms with Gasteiger partial charge in [-0.2, -0.15) is 5.10 Å². The van der Waals surface area contributed by atoms with Crippen molar-refractivity contribution in [2.45, 2.75) is 70.1 Å². The van der Waals surface area contributed by atoms with Crippen LogP contribution in [0.4, 0.5) is 0 Å². The summed E-state index contributed by atoms with van der Waals surface area (Å²) in [6.07, 6.45) is 14.6. The molecule has 2 heterocycles. The van der Waals surface area contributed by atoms with Crippen LogP contribution in [0.15, 0.2) is 42.9 Å². The maximum atomic E-state index is 13.4. The van der Waals surface area contributed by atoms with Crippen LogP contribution in [0.25, 0.3) is 5.65 Å². The Balaban J connectivity index is 1.38. The highest BCUT2D eigenvalue weighted by atomic mass is 16.5. The van der Waals surface area contributed by atoms with E-state index in [1.807, 2.05) is 23.1 Å². The predicted molar refractivity (Wildman–Crippen MR) is 121 cm³/mol. The summed E-state index contributed by atoms with van der Waals surface area (Å²) in [4.78, 5) is 19.8. The molecule has 0 aliphatic heterocycles. The standard InChI is InChI=1S/C25H30N4O3/c1-31-22-12-9-18(15-23(22)32-20-7-4-2-3-5-8-20)17-28(19-10-11-19)25(30)21-16-27-29-14-6-13-26-24(21)29/h6,9,12-16,19-20H,2-5,7-8,10-11,17H2,1H3. The normalized spacial score (nSPS) is 17.2. The third kappa shape index (κ3) is 4.42. The number of ether oxygens (including phenoxy) is 2. The Bertz CT molecular complexity index is 1080. The summed E-state index contributed by atoms with van der Waals surface area (Å²) in [5, 5.41) is 4.29. The first kappa shape index (κ1) is 20.8. The third-order valence-electron chi connectivity index (χ3n) is 6.44. The van der Waals surface area contributed by atoms with E-state index >= 15 is 0 Å². The van der Waals surface area contributed by atoms with Crippen LogP contribution in [-0.4, -0.2) is 44.7 Å². The number of methoxy groups -OCH3 is 1. The molecular formula is C25H30N4O3. The predicted octanol–water partition coefficient (Wildman–Crippen LogP) is 4.64. The summed E-state index contributed by atoms with van der Waals surface area (Å²) < 4.78 is 13.6. The molecule has 1 aromatic carbocycles. The molecule has 3 aromatic rings. The second-order valence-electron chi connectivity index (χ2n) is 8.83. The molecule has 168 valence electrons. The number of amides is 1. The van der Waals surface area contributed by atoms with Gasteiger partial charge < -0.3 is 14.4 Å². The third-order valence-corrected chi connectivity index (χ3v) is 6.44. The fourth-order valence-corrected chi connectivity index (χ4v) is 4.53. The monoisotopic (exact) mass is 434 g/mol. The second kappa shape index (κ2) is 9.18. The van der Waals surface area contributed by atoms with Crippen LogP contribution in [0.5, 0.6) is 11.5 Å². The van der Waals surface area contributed by atoms with Crippen LogP contribution in [0, 0.1) is 0 Å². The van der Waals surface area contributed by atoms with Gasteiger partial charge in [-0.1, -0.05) is 18.9 Å². The van der Waals surface area contributed by atoms with E-state index in [0.29, 0.717) is 17.8 Å². The van der Waals surface area contributed by atoms with Crippen LogP contribution in [0.2, 0.25) is 0 Å². The first-order valence-electron chi connectivity index (χ1n) is 11.7. The van der Waals surface area contributed by atoms with E-state index in [1.54, 1.807) is 36.3 Å². The summed E-state index contributed by atoms with van der Waals surface area (Å²) in [6.45, 7) is 0.526. The van der Waals surface area contributed by atoms with Crippen molar-refractivity contribution in [1.29, 1.82) is 0 Å². The lowest BCUT2D eigenvalue weighted by Crippen LogP contribution is -2.32. The quantitative estimate of drug-likeness (QED) is 0.507. The Morgan fingerprint density at radius 2 is 1.94 bits per heavy atom. The van der Waals surface area contributed by atoms with Crippen molar-refractivity contribution >= 4 is 11.6 Å². The summed E-state index contributed by atoms with van der Waals surface area (Å²) >= 11 is 0. The molecule has 2 saturated carbocycles. The van der Waals surface area contributed by atoms with Crippen molar-refractivity contribution in [3.8, 4) is 11.5 Å². The molecule has 32 heavy (non-hydrogen) atoms. The van der Waals surface area contributed by atoms with Gasteiger partial charge in [-0.05, 0) is 62.3 Å². The van der Waals surface area contributed by atoms with Crippen LogP contribution in [0.3, 0.4) is 0 Å². The van der Waals surface area contributed by atoms with Crippen molar-refractivity contribution in [2.75, 3.05) is 7.11 Å². The number of hydrogen-bond acceptors (Lipinski definition) is 5. The first-order valence-corrected chi connectivity index (χ1v) is 11.7. The number of carbonyl (C=O) groups is 1. The number of carbonyl (C=O) groups excluding carboxylic acids is 1. The number of rotatable bonds is 7. The van der Waals surface area contributed by atoms with Gasteiger partial charge in [-0.15, -0.1) is 0 Å². The molecule has 0 radical (unpaired) electrons. The molecule has 7 heteroatoms. The SMILES string of the molecule is COc1ccc(CN(C(=O)c2cnn3cccnc23)C2CC2)cc1OC1CCCCCC1. The van der Waals surface area contributed by atoms with Gasteiger partial charge in [0.1, 0.15) is 5.56 Å². The van der Waals surface area contributed by atoms with Crippen molar-refractivity contribution in [3.05, 3.63) is 54.0 Å². The minimum Gasteiger partial charge on any atom is -0.493 e. The van der Waals surface area contributed by atoms with Crippen molar-refractivity contribution in [2.24, 2.45) is 0 Å². The summed E-state index contributed by atoms with van der Waals surface area (Å²) in [7, 11) is 1.67. The highest BCUT2D eigenvalue weighted by Gasteiger charge is 2.34. The lowest BCUT2D eigenvalue weighted by Gasteiger charge is -2.24. The average molecular weight is 435 g/mol. The largest absolute Gasteiger partial charge is 0.493 e. The van der Waals surface area contributed by atoms with Crippen LogP contribution in [-0.2, 0) is 6.54 Å². The van der Waals surface area contributed by atoms with Gasteiger partial charge in [0.2, 0.25) is 0 Å². The molecule has 2 aromatic heterocycles. The summed E-state index contributed by atoms with van der Waals surface area (Å²) in [6, 6.07) is 8.08. The molecule has 0 bridgehead atoms. The molecule has 0 unspecified atom stereocenters. The van der Waals surface area contributed by atoms with Crippen molar-refractivity contribution in [3.63, 3.8) is 0 Å². The van der Waals surface area contributed by atoms with Crippen LogP contribution >= 0.6 is 0 Å². The van der Waals surface area contributed by atoms with E-state index in [4.69, 9.17) is 9.47 Å². The molecule has 1 amide bonds. The Kier molecular flexibility index (Phi) is 5.97. The van der Waals surface area contributed by atoms with Gasteiger partial charge in [0, 0.05) is 25.0 Å². The van der Waals surface area contributed by atoms with Crippen LogP contribution in [0.1, 0.15) is 67.3 Å². The Morgan fingerprint density at radius 3 is 2.69 bits per heavy atom. The number of aromatic nitrogens is 3. The Labute approximate surface area is 188 Å². The van der Waals surface area contributed by atoms with Gasteiger partial charge in [0.25, 0.3) is 5.91 Å². The molecule has 0 atom stereocenters. The zero-order chi connectivity index (χ0) is 21.9. The van der Waals surface area contributed by atoms with Gasteiger partial charge in [-0.25, -0.2) is 9.50 Å². The molecule has 0 N–H and O–H groups in total. The lowest BCUT2D eigenvalue weighted by atomic mass is 10.1. The highest BCUT2D eigenvalue weighted by Crippen LogP contribution is 2.34. The Morgan fingerprint density at radius 1 is 1.12 bits per heavy atom. The molecule has 2 fully saturated rings. The minimum atomic E-state index is -0.0248. The number of benzene rings is 1. The first-order chi connectivity index (χ1) is 15.7. The molecule has 2 aliphatic rings. The van der Waals surface area contributed by atoms with E-state index in [-0.39, 0.29) is 18.1 Å². The second-order valence-corrected chi connectivity index (χ2v) is 8.83. The zero-order valence-corrected chi connectivity index (χ0v) is 18.6. The maximum Gasteiger partial charge on any atom is 0.259 e. The highest BCUT2D eigenvalue weighted by molar-refractivity contribution is 5.99. The summed E-state index contributed by atoms with van der Waals surface area (Å²) in [5.41, 5.74) is 2.18. The van der Waals surface area contributed by atoms with E-state index in [2.05, 4.69) is 10.1 Å². The maximum absolute atomic E-state index is 13.4. The molecule has 7 nitrogen and oxygen atoms in total.